The maximum Gasteiger partial charge on any atom is 0.122 e. The molecular weight excluding hydrogens is 292 g/mol. The van der Waals surface area contributed by atoms with E-state index in [0.717, 1.165) is 11.3 Å². The maximum atomic E-state index is 10.1. The molecule has 3 heteroatoms. The van der Waals surface area contributed by atoms with Gasteiger partial charge in [0.1, 0.15) is 12.4 Å². The Labute approximate surface area is 137 Å². The summed E-state index contributed by atoms with van der Waals surface area (Å²) in [6, 6.07) is 16.4. The van der Waals surface area contributed by atoms with E-state index in [4.69, 9.17) is 4.74 Å². The fourth-order valence-electron chi connectivity index (χ4n) is 2.09. The Morgan fingerprint density at radius 1 is 1.05 bits per heavy atom. The number of hydrogen-bond acceptors (Lipinski definition) is 3. The minimum atomic E-state index is -0.477. The van der Waals surface area contributed by atoms with E-state index in [9.17, 15) is 5.11 Å². The van der Waals surface area contributed by atoms with Crippen LogP contribution in [-0.2, 0) is 0 Å². The number of aryl methyl sites for hydroxylation is 1. The molecule has 0 spiro atoms. The van der Waals surface area contributed by atoms with Crippen LogP contribution >= 0.6 is 11.8 Å². The van der Waals surface area contributed by atoms with Gasteiger partial charge in [0.25, 0.3) is 0 Å². The Morgan fingerprint density at radius 3 is 2.36 bits per heavy atom. The summed E-state index contributed by atoms with van der Waals surface area (Å²) in [6.07, 6.45) is -0.477. The van der Waals surface area contributed by atoms with Crippen molar-refractivity contribution in [3.63, 3.8) is 0 Å². The lowest BCUT2D eigenvalue weighted by Gasteiger charge is -2.14. The molecule has 0 amide bonds. The van der Waals surface area contributed by atoms with Gasteiger partial charge in [-0.25, -0.2) is 0 Å². The minimum absolute atomic E-state index is 0.321. The second-order valence-electron chi connectivity index (χ2n) is 5.77. The first-order valence-electron chi connectivity index (χ1n) is 7.65. The van der Waals surface area contributed by atoms with Gasteiger partial charge in [-0.1, -0.05) is 44.2 Å². The van der Waals surface area contributed by atoms with Crippen molar-refractivity contribution in [1.82, 2.24) is 0 Å². The third kappa shape index (κ3) is 5.08. The molecule has 0 saturated heterocycles. The molecule has 0 aromatic heterocycles. The van der Waals surface area contributed by atoms with Gasteiger partial charge in [-0.3, -0.25) is 0 Å². The van der Waals surface area contributed by atoms with Crippen LogP contribution in [0.2, 0.25) is 0 Å². The second-order valence-corrected chi connectivity index (χ2v) is 6.86. The summed E-state index contributed by atoms with van der Waals surface area (Å²) in [5.41, 5.74) is 2.43. The summed E-state index contributed by atoms with van der Waals surface area (Å²) in [5.74, 6) is 2.02. The number of ether oxygens (including phenoxy) is 1. The van der Waals surface area contributed by atoms with E-state index < -0.39 is 6.10 Å². The maximum absolute atomic E-state index is 10.1. The SMILES string of the molecule is Cc1ccccc1OCC(O)CSc1ccc(C(C)C)cc1. The minimum Gasteiger partial charge on any atom is -0.491 e. The molecule has 0 radical (unpaired) electrons. The highest BCUT2D eigenvalue weighted by Gasteiger charge is 2.08. The first-order chi connectivity index (χ1) is 10.6. The third-order valence-corrected chi connectivity index (χ3v) is 4.67. The standard InChI is InChI=1S/C19H24O2S/c1-14(2)16-8-10-18(11-9-16)22-13-17(20)12-21-19-7-5-4-6-15(19)3/h4-11,14,17,20H,12-13H2,1-3H3. The van der Waals surface area contributed by atoms with Gasteiger partial charge in [-0.05, 0) is 42.2 Å². The molecule has 1 atom stereocenters. The van der Waals surface area contributed by atoms with Gasteiger partial charge in [0.2, 0.25) is 0 Å². The molecule has 1 unspecified atom stereocenters. The fourth-order valence-corrected chi connectivity index (χ4v) is 2.90. The molecule has 0 aliphatic rings. The van der Waals surface area contributed by atoms with Crippen LogP contribution in [0.3, 0.4) is 0 Å². The van der Waals surface area contributed by atoms with Crippen LogP contribution in [0.1, 0.15) is 30.9 Å². The van der Waals surface area contributed by atoms with Gasteiger partial charge >= 0.3 is 0 Å². The van der Waals surface area contributed by atoms with Crippen LogP contribution < -0.4 is 4.74 Å². The largest absolute Gasteiger partial charge is 0.491 e. The summed E-state index contributed by atoms with van der Waals surface area (Å²) < 4.78 is 5.67. The summed E-state index contributed by atoms with van der Waals surface area (Å²) in [4.78, 5) is 1.18. The molecule has 2 aromatic carbocycles. The zero-order valence-electron chi connectivity index (χ0n) is 13.5. The van der Waals surface area contributed by atoms with Crippen LogP contribution in [0.25, 0.3) is 0 Å². The molecule has 22 heavy (non-hydrogen) atoms. The number of aliphatic hydroxyl groups excluding tert-OH is 1. The van der Waals surface area contributed by atoms with E-state index >= 15 is 0 Å². The molecule has 1 N–H and O–H groups in total. The highest BCUT2D eigenvalue weighted by Crippen LogP contribution is 2.23. The van der Waals surface area contributed by atoms with Crippen LogP contribution in [-0.4, -0.2) is 23.6 Å². The van der Waals surface area contributed by atoms with Gasteiger partial charge in [0.05, 0.1) is 6.10 Å². The average molecular weight is 316 g/mol. The summed E-state index contributed by atoms with van der Waals surface area (Å²) in [5, 5.41) is 10.1. The Morgan fingerprint density at radius 2 is 1.73 bits per heavy atom. The molecule has 0 fully saturated rings. The topological polar surface area (TPSA) is 29.5 Å². The fraction of sp³-hybridized carbons (Fsp3) is 0.368. The molecular formula is C19H24O2S. The summed E-state index contributed by atoms with van der Waals surface area (Å²) in [6.45, 7) is 6.71. The lowest BCUT2D eigenvalue weighted by molar-refractivity contribution is 0.126. The Bertz CT molecular complexity index is 578. The molecule has 2 aromatic rings. The van der Waals surface area contributed by atoms with E-state index in [0.29, 0.717) is 18.3 Å². The van der Waals surface area contributed by atoms with Gasteiger partial charge in [0, 0.05) is 10.6 Å². The van der Waals surface area contributed by atoms with Crippen molar-refractivity contribution in [2.24, 2.45) is 0 Å². The normalized spacial score (nSPS) is 12.4. The first-order valence-corrected chi connectivity index (χ1v) is 8.64. The predicted molar refractivity (Wildman–Crippen MR) is 93.9 cm³/mol. The molecule has 0 aliphatic carbocycles. The van der Waals surface area contributed by atoms with Gasteiger partial charge in [0.15, 0.2) is 0 Å². The van der Waals surface area contributed by atoms with Crippen molar-refractivity contribution < 1.29 is 9.84 Å². The number of hydrogen-bond donors (Lipinski definition) is 1. The van der Waals surface area contributed by atoms with Crippen LogP contribution in [0.15, 0.2) is 53.4 Å². The number of aliphatic hydroxyl groups is 1. The number of thioether (sulfide) groups is 1. The van der Waals surface area contributed by atoms with E-state index in [1.54, 1.807) is 11.8 Å². The van der Waals surface area contributed by atoms with Gasteiger partial charge < -0.3 is 9.84 Å². The van der Waals surface area contributed by atoms with Crippen LogP contribution in [0, 0.1) is 6.92 Å². The molecule has 0 bridgehead atoms. The Balaban J connectivity index is 1.78. The monoisotopic (exact) mass is 316 g/mol. The van der Waals surface area contributed by atoms with E-state index in [1.807, 2.05) is 31.2 Å². The van der Waals surface area contributed by atoms with Crippen molar-refractivity contribution in [1.29, 1.82) is 0 Å². The lowest BCUT2D eigenvalue weighted by atomic mass is 10.0. The third-order valence-electron chi connectivity index (χ3n) is 3.51. The van der Waals surface area contributed by atoms with E-state index in [2.05, 4.69) is 38.1 Å². The zero-order valence-corrected chi connectivity index (χ0v) is 14.3. The molecule has 0 heterocycles. The first kappa shape index (κ1) is 16.9. The Hall–Kier alpha value is -1.45. The molecule has 2 nitrogen and oxygen atoms in total. The van der Waals surface area contributed by atoms with Crippen LogP contribution in [0.4, 0.5) is 0 Å². The predicted octanol–water partition coefficient (Wildman–Crippen LogP) is 4.65. The van der Waals surface area contributed by atoms with E-state index in [-0.39, 0.29) is 0 Å². The molecule has 2 rings (SSSR count). The van der Waals surface area contributed by atoms with Gasteiger partial charge in [-0.15, -0.1) is 11.8 Å². The van der Waals surface area contributed by atoms with Crippen molar-refractivity contribution in [2.75, 3.05) is 12.4 Å². The average Bonchev–Trinajstić information content (AvgIpc) is 2.52. The quantitative estimate of drug-likeness (QED) is 0.754. The molecule has 0 saturated carbocycles. The summed E-state index contributed by atoms with van der Waals surface area (Å²) in [7, 11) is 0. The smallest absolute Gasteiger partial charge is 0.122 e. The Kier molecular flexibility index (Phi) is 6.34. The van der Waals surface area contributed by atoms with E-state index in [1.165, 1.54) is 10.5 Å². The molecule has 0 aliphatic heterocycles. The number of para-hydroxylation sites is 1. The van der Waals surface area contributed by atoms with Crippen molar-refractivity contribution in [3.8, 4) is 5.75 Å². The number of benzene rings is 2. The van der Waals surface area contributed by atoms with Crippen molar-refractivity contribution in [2.45, 2.75) is 37.7 Å². The lowest BCUT2D eigenvalue weighted by Crippen LogP contribution is -2.20. The second kappa shape index (κ2) is 8.25. The summed E-state index contributed by atoms with van der Waals surface area (Å²) >= 11 is 1.66. The highest BCUT2D eigenvalue weighted by molar-refractivity contribution is 7.99. The zero-order chi connectivity index (χ0) is 15.9. The van der Waals surface area contributed by atoms with Crippen LogP contribution in [0.5, 0.6) is 5.75 Å². The van der Waals surface area contributed by atoms with Gasteiger partial charge in [-0.2, -0.15) is 0 Å². The highest BCUT2D eigenvalue weighted by atomic mass is 32.2. The number of rotatable bonds is 7. The van der Waals surface area contributed by atoms with Crippen molar-refractivity contribution in [3.05, 3.63) is 59.7 Å². The molecule has 118 valence electrons. The van der Waals surface area contributed by atoms with Crippen molar-refractivity contribution >= 4 is 11.8 Å².